The van der Waals surface area contributed by atoms with Crippen molar-refractivity contribution >= 4 is 5.91 Å². The van der Waals surface area contributed by atoms with E-state index in [9.17, 15) is 4.79 Å². The predicted octanol–water partition coefficient (Wildman–Crippen LogP) is -0.306. The Morgan fingerprint density at radius 1 is 1.62 bits per heavy atom. The van der Waals surface area contributed by atoms with Crippen LogP contribution in [0.25, 0.3) is 5.82 Å². The van der Waals surface area contributed by atoms with Crippen molar-refractivity contribution in [2.75, 3.05) is 0 Å². The average molecular weight is 177 g/mol. The molecular formula is C7H7N5O. The van der Waals surface area contributed by atoms with Crippen molar-refractivity contribution in [2.24, 2.45) is 5.73 Å². The van der Waals surface area contributed by atoms with Crippen LogP contribution in [0.1, 0.15) is 10.5 Å². The molecule has 2 aromatic heterocycles. The lowest BCUT2D eigenvalue weighted by atomic mass is 10.4. The maximum atomic E-state index is 10.7. The van der Waals surface area contributed by atoms with Crippen LogP contribution in [-0.2, 0) is 0 Å². The summed E-state index contributed by atoms with van der Waals surface area (Å²) in [5.41, 5.74) is 5.31. The van der Waals surface area contributed by atoms with Gasteiger partial charge in [0.2, 0.25) is 0 Å². The molecule has 0 bridgehead atoms. The highest BCUT2D eigenvalue weighted by atomic mass is 16.1. The van der Waals surface area contributed by atoms with Crippen LogP contribution in [0, 0.1) is 0 Å². The van der Waals surface area contributed by atoms with Gasteiger partial charge in [-0.3, -0.25) is 9.89 Å². The molecule has 0 aliphatic rings. The maximum Gasteiger partial charge on any atom is 0.266 e. The summed E-state index contributed by atoms with van der Waals surface area (Å²) in [5.74, 6) is 0.00436. The molecule has 2 aromatic rings. The number of aromatic nitrogens is 4. The van der Waals surface area contributed by atoms with Crippen molar-refractivity contribution in [3.05, 3.63) is 30.2 Å². The summed E-state index contributed by atoms with van der Waals surface area (Å²) in [6.45, 7) is 0. The molecule has 1 amide bonds. The molecule has 0 atom stereocenters. The first-order valence-corrected chi connectivity index (χ1v) is 3.62. The van der Waals surface area contributed by atoms with Crippen LogP contribution in [-0.4, -0.2) is 25.9 Å². The highest BCUT2D eigenvalue weighted by molar-refractivity contribution is 5.91. The Morgan fingerprint density at radius 3 is 3.00 bits per heavy atom. The molecule has 0 aromatic carbocycles. The number of aromatic amines is 1. The first-order valence-electron chi connectivity index (χ1n) is 3.62. The minimum atomic E-state index is -0.536. The average Bonchev–Trinajstić information content (AvgIpc) is 2.75. The van der Waals surface area contributed by atoms with Gasteiger partial charge in [-0.05, 0) is 6.07 Å². The summed E-state index contributed by atoms with van der Waals surface area (Å²) in [6, 6.07) is 3.30. The minimum absolute atomic E-state index is 0.269. The molecule has 6 nitrogen and oxygen atoms in total. The smallest absolute Gasteiger partial charge is 0.266 e. The van der Waals surface area contributed by atoms with E-state index in [-0.39, 0.29) is 5.69 Å². The SMILES string of the molecule is NC(=O)c1cc(-n2cccn2)n[nH]1. The van der Waals surface area contributed by atoms with Gasteiger partial charge in [0, 0.05) is 18.5 Å². The summed E-state index contributed by atoms with van der Waals surface area (Å²) < 4.78 is 1.53. The van der Waals surface area contributed by atoms with E-state index in [1.165, 1.54) is 10.7 Å². The molecule has 0 aliphatic heterocycles. The third kappa shape index (κ3) is 1.28. The number of hydrogen-bond acceptors (Lipinski definition) is 3. The molecule has 2 rings (SSSR count). The standard InChI is InChI=1S/C7H7N5O/c8-7(13)5-4-6(11-10-5)12-3-1-2-9-12/h1-4H,(H2,8,13)(H,10,11). The molecule has 66 valence electrons. The second kappa shape index (κ2) is 2.74. The number of H-pyrrole nitrogens is 1. The number of amides is 1. The molecule has 2 heterocycles. The Labute approximate surface area is 73.4 Å². The number of nitrogens with one attached hydrogen (secondary N) is 1. The van der Waals surface area contributed by atoms with Gasteiger partial charge >= 0.3 is 0 Å². The Bertz CT molecular complexity index is 416. The van der Waals surface area contributed by atoms with Crippen molar-refractivity contribution in [1.82, 2.24) is 20.0 Å². The number of nitrogens with zero attached hydrogens (tertiary/aromatic N) is 3. The van der Waals surface area contributed by atoms with E-state index < -0.39 is 5.91 Å². The number of hydrogen-bond donors (Lipinski definition) is 2. The largest absolute Gasteiger partial charge is 0.364 e. The van der Waals surface area contributed by atoms with Gasteiger partial charge in [-0.1, -0.05) is 0 Å². The van der Waals surface area contributed by atoms with Crippen molar-refractivity contribution in [3.63, 3.8) is 0 Å². The van der Waals surface area contributed by atoms with Crippen molar-refractivity contribution in [1.29, 1.82) is 0 Å². The number of rotatable bonds is 2. The zero-order chi connectivity index (χ0) is 9.26. The maximum absolute atomic E-state index is 10.7. The molecule has 0 fully saturated rings. The summed E-state index contributed by atoms with van der Waals surface area (Å²) in [6.07, 6.45) is 3.35. The lowest BCUT2D eigenvalue weighted by Crippen LogP contribution is -2.11. The number of nitrogens with two attached hydrogens (primary N) is 1. The summed E-state index contributed by atoms with van der Waals surface area (Å²) in [7, 11) is 0. The number of carbonyl (C=O) groups excluding carboxylic acids is 1. The van der Waals surface area contributed by atoms with Crippen molar-refractivity contribution in [3.8, 4) is 5.82 Å². The lowest BCUT2D eigenvalue weighted by Gasteiger charge is -1.90. The van der Waals surface area contributed by atoms with Gasteiger partial charge in [0.25, 0.3) is 5.91 Å². The lowest BCUT2D eigenvalue weighted by molar-refractivity contribution is 0.0995. The fourth-order valence-electron chi connectivity index (χ4n) is 0.959. The molecular weight excluding hydrogens is 170 g/mol. The third-order valence-corrected chi connectivity index (χ3v) is 1.57. The molecule has 0 saturated carbocycles. The molecule has 0 aliphatic carbocycles. The van der Waals surface area contributed by atoms with E-state index in [0.717, 1.165) is 0 Å². The first-order chi connectivity index (χ1) is 6.27. The zero-order valence-corrected chi connectivity index (χ0v) is 6.64. The summed E-state index contributed by atoms with van der Waals surface area (Å²) in [5, 5.41) is 10.3. The number of primary amides is 1. The van der Waals surface area contributed by atoms with E-state index in [1.807, 2.05) is 0 Å². The van der Waals surface area contributed by atoms with E-state index in [0.29, 0.717) is 5.82 Å². The highest BCUT2D eigenvalue weighted by Gasteiger charge is 2.06. The van der Waals surface area contributed by atoms with Gasteiger partial charge in [0.15, 0.2) is 5.82 Å². The second-order valence-electron chi connectivity index (χ2n) is 2.45. The van der Waals surface area contributed by atoms with Gasteiger partial charge in [-0.15, -0.1) is 0 Å². The van der Waals surface area contributed by atoms with Crippen LogP contribution in [0.15, 0.2) is 24.5 Å². The van der Waals surface area contributed by atoms with Crippen molar-refractivity contribution < 1.29 is 4.79 Å². The first kappa shape index (κ1) is 7.53. The fraction of sp³-hybridized carbons (Fsp3) is 0. The zero-order valence-electron chi connectivity index (χ0n) is 6.64. The van der Waals surface area contributed by atoms with E-state index >= 15 is 0 Å². The molecule has 3 N–H and O–H groups in total. The normalized spacial score (nSPS) is 10.2. The van der Waals surface area contributed by atoms with Crippen LogP contribution in [0.4, 0.5) is 0 Å². The predicted molar refractivity (Wildman–Crippen MR) is 44.2 cm³/mol. The highest BCUT2D eigenvalue weighted by Crippen LogP contribution is 2.03. The van der Waals surface area contributed by atoms with Crippen LogP contribution < -0.4 is 5.73 Å². The van der Waals surface area contributed by atoms with E-state index in [1.54, 1.807) is 18.5 Å². The van der Waals surface area contributed by atoms with Gasteiger partial charge < -0.3 is 5.73 Å². The second-order valence-corrected chi connectivity index (χ2v) is 2.45. The summed E-state index contributed by atoms with van der Waals surface area (Å²) >= 11 is 0. The van der Waals surface area contributed by atoms with Crippen LogP contribution in [0.3, 0.4) is 0 Å². The molecule has 0 saturated heterocycles. The van der Waals surface area contributed by atoms with Crippen molar-refractivity contribution in [2.45, 2.75) is 0 Å². The van der Waals surface area contributed by atoms with Gasteiger partial charge in [-0.25, -0.2) is 4.68 Å². The Morgan fingerprint density at radius 2 is 2.46 bits per heavy atom. The Balaban J connectivity index is 2.39. The molecule has 0 radical (unpaired) electrons. The molecule has 0 spiro atoms. The van der Waals surface area contributed by atoms with Crippen LogP contribution >= 0.6 is 0 Å². The molecule has 13 heavy (non-hydrogen) atoms. The Hall–Kier alpha value is -2.11. The third-order valence-electron chi connectivity index (χ3n) is 1.57. The Kier molecular flexibility index (Phi) is 1.59. The van der Waals surface area contributed by atoms with E-state index in [2.05, 4.69) is 15.3 Å². The van der Waals surface area contributed by atoms with Gasteiger partial charge in [0.1, 0.15) is 5.69 Å². The fourth-order valence-corrected chi connectivity index (χ4v) is 0.959. The quantitative estimate of drug-likeness (QED) is 0.659. The topological polar surface area (TPSA) is 89.6 Å². The number of carbonyl (C=O) groups is 1. The van der Waals surface area contributed by atoms with Crippen LogP contribution in [0.5, 0.6) is 0 Å². The summed E-state index contributed by atoms with van der Waals surface area (Å²) in [4.78, 5) is 10.7. The monoisotopic (exact) mass is 177 g/mol. The molecule has 0 unspecified atom stereocenters. The minimum Gasteiger partial charge on any atom is -0.364 e. The molecule has 6 heteroatoms. The van der Waals surface area contributed by atoms with Crippen LogP contribution in [0.2, 0.25) is 0 Å². The van der Waals surface area contributed by atoms with Gasteiger partial charge in [0.05, 0.1) is 0 Å². The van der Waals surface area contributed by atoms with Gasteiger partial charge in [-0.2, -0.15) is 10.2 Å². The van der Waals surface area contributed by atoms with E-state index in [4.69, 9.17) is 5.73 Å².